The third-order valence-electron chi connectivity index (χ3n) is 4.75. The highest BCUT2D eigenvalue weighted by atomic mass is 16.5. The van der Waals surface area contributed by atoms with Crippen LogP contribution in [-0.4, -0.2) is 10.1 Å². The summed E-state index contributed by atoms with van der Waals surface area (Å²) in [6.45, 7) is 11.1. The Labute approximate surface area is 122 Å². The van der Waals surface area contributed by atoms with Crippen LogP contribution in [0.25, 0.3) is 0 Å². The molecule has 0 radical (unpaired) electrons. The molecule has 0 amide bonds. The maximum Gasteiger partial charge on any atom is 0.229 e. The summed E-state index contributed by atoms with van der Waals surface area (Å²) in [5.74, 6) is 2.94. The van der Waals surface area contributed by atoms with E-state index in [1.165, 1.54) is 25.7 Å². The molecule has 1 aliphatic carbocycles. The van der Waals surface area contributed by atoms with Gasteiger partial charge in [-0.05, 0) is 42.9 Å². The van der Waals surface area contributed by atoms with Crippen molar-refractivity contribution in [3.8, 4) is 0 Å². The van der Waals surface area contributed by atoms with Crippen LogP contribution in [0.2, 0.25) is 0 Å². The quantitative estimate of drug-likeness (QED) is 0.906. The predicted molar refractivity (Wildman–Crippen MR) is 80.2 cm³/mol. The second-order valence-corrected chi connectivity index (χ2v) is 7.65. The molecule has 1 atom stereocenters. The molecule has 4 heteroatoms. The van der Waals surface area contributed by atoms with Crippen molar-refractivity contribution in [1.82, 2.24) is 10.1 Å². The standard InChI is InChI=1S/C16H29N3O/c1-10(2)15-18-14(19-20-15)13(17)11-6-8-12(9-7-11)16(3,4)5/h10-13H,6-9,17H2,1-5H3. The van der Waals surface area contributed by atoms with Crippen molar-refractivity contribution in [2.45, 2.75) is 72.3 Å². The Hall–Kier alpha value is -0.900. The third-order valence-corrected chi connectivity index (χ3v) is 4.75. The summed E-state index contributed by atoms with van der Waals surface area (Å²) in [6, 6.07) is -0.0767. The number of nitrogens with zero attached hydrogens (tertiary/aromatic N) is 2. The van der Waals surface area contributed by atoms with Crippen molar-refractivity contribution in [3.05, 3.63) is 11.7 Å². The molecule has 1 heterocycles. The molecule has 2 rings (SSSR count). The molecule has 1 aliphatic rings. The van der Waals surface area contributed by atoms with Crippen LogP contribution < -0.4 is 5.73 Å². The number of nitrogens with two attached hydrogens (primary N) is 1. The highest BCUT2D eigenvalue weighted by Gasteiger charge is 2.33. The first-order valence-electron chi connectivity index (χ1n) is 7.88. The van der Waals surface area contributed by atoms with Crippen molar-refractivity contribution in [2.24, 2.45) is 23.0 Å². The molecule has 1 fully saturated rings. The Bertz CT molecular complexity index is 425. The zero-order valence-corrected chi connectivity index (χ0v) is 13.5. The molecule has 0 bridgehead atoms. The minimum atomic E-state index is -0.0767. The van der Waals surface area contributed by atoms with E-state index in [1.54, 1.807) is 0 Å². The Morgan fingerprint density at radius 2 is 1.75 bits per heavy atom. The lowest BCUT2D eigenvalue weighted by molar-refractivity contribution is 0.138. The van der Waals surface area contributed by atoms with Gasteiger partial charge in [-0.15, -0.1) is 0 Å². The van der Waals surface area contributed by atoms with Crippen LogP contribution in [0.3, 0.4) is 0 Å². The fourth-order valence-corrected chi connectivity index (χ4v) is 3.17. The smallest absolute Gasteiger partial charge is 0.229 e. The Kier molecular flexibility index (Phi) is 4.52. The second kappa shape index (κ2) is 5.84. The van der Waals surface area contributed by atoms with Gasteiger partial charge < -0.3 is 10.3 Å². The average Bonchev–Trinajstić information content (AvgIpc) is 2.86. The zero-order chi connectivity index (χ0) is 14.9. The minimum absolute atomic E-state index is 0.0767. The largest absolute Gasteiger partial charge is 0.339 e. The average molecular weight is 279 g/mol. The molecular weight excluding hydrogens is 250 g/mol. The number of aromatic nitrogens is 2. The van der Waals surface area contributed by atoms with Gasteiger partial charge in [0.15, 0.2) is 5.82 Å². The summed E-state index contributed by atoms with van der Waals surface area (Å²) in [4.78, 5) is 4.45. The molecule has 0 spiro atoms. The van der Waals surface area contributed by atoms with E-state index >= 15 is 0 Å². The van der Waals surface area contributed by atoms with E-state index in [9.17, 15) is 0 Å². The molecule has 1 aromatic rings. The van der Waals surface area contributed by atoms with E-state index in [4.69, 9.17) is 10.3 Å². The van der Waals surface area contributed by atoms with E-state index < -0.39 is 0 Å². The van der Waals surface area contributed by atoms with Crippen molar-refractivity contribution < 1.29 is 4.52 Å². The summed E-state index contributed by atoms with van der Waals surface area (Å²) < 4.78 is 5.27. The van der Waals surface area contributed by atoms with Crippen LogP contribution in [0.15, 0.2) is 4.52 Å². The van der Waals surface area contributed by atoms with Gasteiger partial charge in [0.2, 0.25) is 5.89 Å². The molecule has 4 nitrogen and oxygen atoms in total. The first-order chi connectivity index (χ1) is 9.29. The molecule has 0 aromatic carbocycles. The third kappa shape index (κ3) is 3.40. The molecule has 0 saturated heterocycles. The first kappa shape index (κ1) is 15.5. The van der Waals surface area contributed by atoms with E-state index in [1.807, 2.05) is 0 Å². The summed E-state index contributed by atoms with van der Waals surface area (Å²) in [5.41, 5.74) is 6.76. The van der Waals surface area contributed by atoms with Gasteiger partial charge in [-0.25, -0.2) is 0 Å². The van der Waals surface area contributed by atoms with Crippen LogP contribution in [0.1, 0.15) is 84.0 Å². The van der Waals surface area contributed by atoms with Crippen molar-refractivity contribution >= 4 is 0 Å². The predicted octanol–water partition coefficient (Wildman–Crippen LogP) is 4.05. The van der Waals surface area contributed by atoms with Gasteiger partial charge in [-0.3, -0.25) is 0 Å². The Balaban J connectivity index is 1.96. The molecule has 20 heavy (non-hydrogen) atoms. The molecule has 1 unspecified atom stereocenters. The molecule has 0 aliphatic heterocycles. The fraction of sp³-hybridized carbons (Fsp3) is 0.875. The van der Waals surface area contributed by atoms with Gasteiger partial charge in [0.05, 0.1) is 6.04 Å². The fourth-order valence-electron chi connectivity index (χ4n) is 3.17. The number of hydrogen-bond donors (Lipinski definition) is 1. The normalized spacial score (nSPS) is 25.9. The second-order valence-electron chi connectivity index (χ2n) is 7.65. The van der Waals surface area contributed by atoms with Gasteiger partial charge in [-0.2, -0.15) is 4.98 Å². The summed E-state index contributed by atoms with van der Waals surface area (Å²) in [6.07, 6.45) is 4.87. The summed E-state index contributed by atoms with van der Waals surface area (Å²) in [7, 11) is 0. The Morgan fingerprint density at radius 1 is 1.15 bits per heavy atom. The summed E-state index contributed by atoms with van der Waals surface area (Å²) >= 11 is 0. The lowest BCUT2D eigenvalue weighted by Crippen LogP contribution is -2.31. The molecule has 1 saturated carbocycles. The van der Waals surface area contributed by atoms with Gasteiger partial charge in [0.1, 0.15) is 0 Å². The maximum atomic E-state index is 6.35. The van der Waals surface area contributed by atoms with Crippen LogP contribution in [0.5, 0.6) is 0 Å². The van der Waals surface area contributed by atoms with Gasteiger partial charge in [0, 0.05) is 5.92 Å². The lowest BCUT2D eigenvalue weighted by Gasteiger charge is -2.38. The molecule has 1 aromatic heterocycles. The van der Waals surface area contributed by atoms with E-state index in [0.29, 0.717) is 23.0 Å². The zero-order valence-electron chi connectivity index (χ0n) is 13.5. The molecule has 114 valence electrons. The van der Waals surface area contributed by atoms with Crippen LogP contribution in [0, 0.1) is 17.3 Å². The lowest BCUT2D eigenvalue weighted by atomic mass is 9.68. The highest BCUT2D eigenvalue weighted by Crippen LogP contribution is 2.42. The number of rotatable bonds is 3. The minimum Gasteiger partial charge on any atom is -0.339 e. The highest BCUT2D eigenvalue weighted by molar-refractivity contribution is 4.99. The van der Waals surface area contributed by atoms with E-state index in [-0.39, 0.29) is 12.0 Å². The van der Waals surface area contributed by atoms with Crippen molar-refractivity contribution in [3.63, 3.8) is 0 Å². The van der Waals surface area contributed by atoms with E-state index in [2.05, 4.69) is 44.8 Å². The summed E-state index contributed by atoms with van der Waals surface area (Å²) in [5, 5.41) is 4.07. The first-order valence-corrected chi connectivity index (χ1v) is 7.88. The van der Waals surface area contributed by atoms with Crippen molar-refractivity contribution in [1.29, 1.82) is 0 Å². The SMILES string of the molecule is CC(C)c1nc(C(N)C2CCC(C(C)(C)C)CC2)no1. The van der Waals surface area contributed by atoms with E-state index in [0.717, 1.165) is 5.92 Å². The maximum absolute atomic E-state index is 6.35. The van der Waals surface area contributed by atoms with Gasteiger partial charge in [0.25, 0.3) is 0 Å². The van der Waals surface area contributed by atoms with Crippen molar-refractivity contribution in [2.75, 3.05) is 0 Å². The van der Waals surface area contributed by atoms with Crippen LogP contribution in [-0.2, 0) is 0 Å². The van der Waals surface area contributed by atoms with Crippen LogP contribution in [0.4, 0.5) is 0 Å². The number of hydrogen-bond acceptors (Lipinski definition) is 4. The Morgan fingerprint density at radius 3 is 2.20 bits per heavy atom. The topological polar surface area (TPSA) is 64.9 Å². The van der Waals surface area contributed by atoms with Crippen LogP contribution >= 0.6 is 0 Å². The van der Waals surface area contributed by atoms with Gasteiger partial charge >= 0.3 is 0 Å². The molecule has 2 N–H and O–H groups in total. The monoisotopic (exact) mass is 279 g/mol. The van der Waals surface area contributed by atoms with Gasteiger partial charge in [-0.1, -0.05) is 39.8 Å². The molecular formula is C16H29N3O.